The van der Waals surface area contributed by atoms with Crippen LogP contribution in [-0.4, -0.2) is 25.2 Å². The molecule has 8 heteroatoms. The number of hydrogen-bond acceptors (Lipinski definition) is 5. The van der Waals surface area contributed by atoms with Crippen LogP contribution in [0.2, 0.25) is 0 Å². The van der Waals surface area contributed by atoms with Crippen molar-refractivity contribution in [3.63, 3.8) is 0 Å². The number of para-hydroxylation sites is 1. The third kappa shape index (κ3) is 3.86. The van der Waals surface area contributed by atoms with Crippen molar-refractivity contribution < 1.29 is 4.79 Å². The number of rotatable bonds is 5. The Morgan fingerprint density at radius 1 is 1.09 bits per heavy atom. The number of carbonyl (C=O) groups is 1. The summed E-state index contributed by atoms with van der Waals surface area (Å²) >= 11 is 1.46. The molecule has 1 amide bonds. The van der Waals surface area contributed by atoms with Crippen LogP contribution in [0.1, 0.15) is 37.6 Å². The molecule has 7 nitrogen and oxygen atoms in total. The van der Waals surface area contributed by atoms with Gasteiger partial charge >= 0.3 is 5.69 Å². The van der Waals surface area contributed by atoms with Gasteiger partial charge in [-0.15, -0.1) is 0 Å². The van der Waals surface area contributed by atoms with Crippen LogP contribution in [0.5, 0.6) is 0 Å². The largest absolute Gasteiger partial charge is 0.346 e. The molecule has 1 aliphatic rings. The smallest absolute Gasteiger partial charge is 0.279 e. The van der Waals surface area contributed by atoms with E-state index < -0.39 is 0 Å². The number of carbonyl (C=O) groups excluding carboxylic acids is 1. The van der Waals surface area contributed by atoms with Crippen molar-refractivity contribution in [3.05, 3.63) is 70.4 Å². The normalized spacial score (nSPS) is 13.7. The lowest BCUT2D eigenvalue weighted by atomic mass is 10.1. The Kier molecular flexibility index (Phi) is 5.61. The molecule has 0 atom stereocenters. The summed E-state index contributed by atoms with van der Waals surface area (Å²) in [7, 11) is 0. The Bertz CT molecular complexity index is 1290. The van der Waals surface area contributed by atoms with Crippen LogP contribution in [0.3, 0.4) is 0 Å². The fraction of sp³-hybridized carbons (Fsp3) is 0.333. The van der Waals surface area contributed by atoms with Gasteiger partial charge in [-0.3, -0.25) is 14.3 Å². The zero-order chi connectivity index (χ0) is 22.1. The molecule has 0 radical (unpaired) electrons. The van der Waals surface area contributed by atoms with E-state index in [-0.39, 0.29) is 18.1 Å². The van der Waals surface area contributed by atoms with E-state index in [1.165, 1.54) is 21.6 Å². The quantitative estimate of drug-likeness (QED) is 0.457. The zero-order valence-corrected chi connectivity index (χ0v) is 18.8. The maximum atomic E-state index is 13.6. The van der Waals surface area contributed by atoms with Crippen molar-refractivity contribution in [2.75, 3.05) is 4.90 Å². The van der Waals surface area contributed by atoms with Gasteiger partial charge in [0.25, 0.3) is 5.91 Å². The molecular weight excluding hydrogens is 422 g/mol. The number of thiazole rings is 1. The van der Waals surface area contributed by atoms with Gasteiger partial charge in [-0.2, -0.15) is 5.10 Å². The molecular formula is C24H25N5O2S. The Morgan fingerprint density at radius 3 is 2.69 bits per heavy atom. The highest BCUT2D eigenvalue weighted by Gasteiger charge is 2.25. The van der Waals surface area contributed by atoms with Gasteiger partial charge in [0, 0.05) is 13.0 Å². The summed E-state index contributed by atoms with van der Waals surface area (Å²) in [6, 6.07) is 15.8. The SMILES string of the molecule is CCc1ccc(N(C(=O)Cn2nc3n(c2=O)CCCCC3)c2nc3ccccc3s2)cc1. The maximum absolute atomic E-state index is 13.6. The predicted molar refractivity (Wildman–Crippen MR) is 127 cm³/mol. The van der Waals surface area contributed by atoms with E-state index in [2.05, 4.69) is 12.0 Å². The number of amides is 1. The predicted octanol–water partition coefficient (Wildman–Crippen LogP) is 4.31. The van der Waals surface area contributed by atoms with Crippen molar-refractivity contribution in [2.45, 2.75) is 52.1 Å². The van der Waals surface area contributed by atoms with Crippen molar-refractivity contribution in [1.82, 2.24) is 19.3 Å². The van der Waals surface area contributed by atoms with Gasteiger partial charge in [-0.05, 0) is 49.1 Å². The number of benzene rings is 2. The van der Waals surface area contributed by atoms with E-state index in [1.807, 2.05) is 48.5 Å². The number of hydrogen-bond donors (Lipinski definition) is 0. The van der Waals surface area contributed by atoms with Gasteiger partial charge in [0.15, 0.2) is 5.13 Å². The molecule has 5 rings (SSSR count). The highest BCUT2D eigenvalue weighted by molar-refractivity contribution is 7.22. The van der Waals surface area contributed by atoms with Crippen LogP contribution < -0.4 is 10.6 Å². The maximum Gasteiger partial charge on any atom is 0.346 e. The topological polar surface area (TPSA) is 73.0 Å². The fourth-order valence-electron chi connectivity index (χ4n) is 4.12. The number of fused-ring (bicyclic) bond motifs is 2. The molecule has 2 aromatic carbocycles. The Labute approximate surface area is 189 Å². The molecule has 0 saturated heterocycles. The average molecular weight is 448 g/mol. The Balaban J connectivity index is 1.52. The molecule has 0 aliphatic carbocycles. The number of aromatic nitrogens is 4. The van der Waals surface area contributed by atoms with Crippen LogP contribution in [0.15, 0.2) is 53.3 Å². The molecule has 3 heterocycles. The summed E-state index contributed by atoms with van der Waals surface area (Å²) in [5, 5.41) is 5.08. The highest BCUT2D eigenvalue weighted by atomic mass is 32.1. The second-order valence-electron chi connectivity index (χ2n) is 8.03. The first-order valence-electron chi connectivity index (χ1n) is 11.1. The minimum Gasteiger partial charge on any atom is -0.279 e. The molecule has 32 heavy (non-hydrogen) atoms. The summed E-state index contributed by atoms with van der Waals surface area (Å²) in [6.07, 6.45) is 4.78. The van der Waals surface area contributed by atoms with Gasteiger partial charge in [0.1, 0.15) is 12.4 Å². The van der Waals surface area contributed by atoms with E-state index in [4.69, 9.17) is 4.98 Å². The summed E-state index contributed by atoms with van der Waals surface area (Å²) in [4.78, 5) is 32.8. The lowest BCUT2D eigenvalue weighted by Gasteiger charge is -2.20. The van der Waals surface area contributed by atoms with E-state index in [9.17, 15) is 9.59 Å². The molecule has 2 aromatic heterocycles. The van der Waals surface area contributed by atoms with Crippen LogP contribution in [-0.2, 0) is 30.7 Å². The number of aryl methyl sites for hydroxylation is 2. The van der Waals surface area contributed by atoms with E-state index in [1.54, 1.807) is 9.47 Å². The Hall–Kier alpha value is -3.26. The van der Waals surface area contributed by atoms with Crippen molar-refractivity contribution in [2.24, 2.45) is 0 Å². The molecule has 0 spiro atoms. The first kappa shape index (κ1) is 20.6. The van der Waals surface area contributed by atoms with Crippen LogP contribution in [0, 0.1) is 0 Å². The minimum absolute atomic E-state index is 0.121. The van der Waals surface area contributed by atoms with Crippen LogP contribution in [0.4, 0.5) is 10.8 Å². The van der Waals surface area contributed by atoms with E-state index >= 15 is 0 Å². The van der Waals surface area contributed by atoms with Gasteiger partial charge in [0.2, 0.25) is 0 Å². The Morgan fingerprint density at radius 2 is 1.91 bits per heavy atom. The summed E-state index contributed by atoms with van der Waals surface area (Å²) in [6.45, 7) is 2.65. The first-order chi connectivity index (χ1) is 15.6. The van der Waals surface area contributed by atoms with Crippen molar-refractivity contribution in [1.29, 1.82) is 0 Å². The van der Waals surface area contributed by atoms with Gasteiger partial charge in [-0.25, -0.2) is 14.5 Å². The fourth-order valence-corrected chi connectivity index (χ4v) is 5.13. The highest BCUT2D eigenvalue weighted by Crippen LogP contribution is 2.33. The molecule has 0 fully saturated rings. The molecule has 0 saturated carbocycles. The number of nitrogens with zero attached hydrogens (tertiary/aromatic N) is 5. The summed E-state index contributed by atoms with van der Waals surface area (Å²) in [5.41, 5.74) is 2.57. The molecule has 0 N–H and O–H groups in total. The first-order valence-corrected chi connectivity index (χ1v) is 11.9. The molecule has 0 unspecified atom stereocenters. The van der Waals surface area contributed by atoms with Crippen LogP contribution >= 0.6 is 11.3 Å². The number of anilines is 2. The van der Waals surface area contributed by atoms with Crippen LogP contribution in [0.25, 0.3) is 10.2 Å². The second-order valence-corrected chi connectivity index (χ2v) is 9.04. The minimum atomic E-state index is -0.233. The summed E-state index contributed by atoms with van der Waals surface area (Å²) < 4.78 is 4.04. The van der Waals surface area contributed by atoms with Gasteiger partial charge in [0.05, 0.1) is 15.9 Å². The second kappa shape index (κ2) is 8.70. The lowest BCUT2D eigenvalue weighted by Crippen LogP contribution is -2.34. The monoisotopic (exact) mass is 447 g/mol. The van der Waals surface area contributed by atoms with Crippen molar-refractivity contribution >= 4 is 38.3 Å². The van der Waals surface area contributed by atoms with E-state index in [0.717, 1.165) is 53.8 Å². The lowest BCUT2D eigenvalue weighted by molar-refractivity contribution is -0.118. The molecule has 164 valence electrons. The zero-order valence-electron chi connectivity index (χ0n) is 18.0. The third-order valence-electron chi connectivity index (χ3n) is 5.89. The van der Waals surface area contributed by atoms with Gasteiger partial charge in [-0.1, -0.05) is 48.9 Å². The van der Waals surface area contributed by atoms with Gasteiger partial charge < -0.3 is 0 Å². The van der Waals surface area contributed by atoms with Crippen molar-refractivity contribution in [3.8, 4) is 0 Å². The van der Waals surface area contributed by atoms with E-state index in [0.29, 0.717) is 11.7 Å². The summed E-state index contributed by atoms with van der Waals surface area (Å²) in [5.74, 6) is 0.544. The molecule has 0 bridgehead atoms. The third-order valence-corrected chi connectivity index (χ3v) is 6.91. The molecule has 1 aliphatic heterocycles. The molecule has 4 aromatic rings. The average Bonchev–Trinajstić information content (AvgIpc) is 3.26. The standard InChI is InChI=1S/C24H25N5O2S/c1-2-17-11-13-18(14-12-17)29(23-25-19-8-5-6-9-20(19)32-23)22(30)16-28-24(31)27-15-7-3-4-10-21(27)26-28/h5-6,8-9,11-14H,2-4,7,10,15-16H2,1H3.